The summed E-state index contributed by atoms with van der Waals surface area (Å²) < 4.78 is 5.12. The van der Waals surface area contributed by atoms with E-state index in [-0.39, 0.29) is 11.9 Å². The zero-order valence-electron chi connectivity index (χ0n) is 12.2. The van der Waals surface area contributed by atoms with Gasteiger partial charge in [0.1, 0.15) is 10.9 Å². The summed E-state index contributed by atoms with van der Waals surface area (Å²) in [7, 11) is 1.62. The second-order valence-electron chi connectivity index (χ2n) is 4.79. The molecule has 0 aliphatic heterocycles. The smallest absolute Gasteiger partial charge is 0.251 e. The van der Waals surface area contributed by atoms with Crippen LogP contribution in [0.25, 0.3) is 0 Å². The van der Waals surface area contributed by atoms with E-state index in [9.17, 15) is 4.79 Å². The van der Waals surface area contributed by atoms with Gasteiger partial charge in [-0.3, -0.25) is 4.79 Å². The largest absolute Gasteiger partial charge is 0.497 e. The standard InChI is InChI=1S/C16H17ClN2O2/c1-10-8-13(9-15(17)18-10)16(20)19-11(2)12-4-6-14(21-3)7-5-12/h4-9,11H,1-3H3,(H,19,20). The number of aryl methyl sites for hydroxylation is 1. The Morgan fingerprint density at radius 1 is 1.29 bits per heavy atom. The molecule has 0 saturated carbocycles. The molecule has 1 atom stereocenters. The van der Waals surface area contributed by atoms with Gasteiger partial charge in [0.2, 0.25) is 0 Å². The highest BCUT2D eigenvalue weighted by Gasteiger charge is 2.12. The normalized spacial score (nSPS) is 11.8. The lowest BCUT2D eigenvalue weighted by molar-refractivity contribution is 0.0939. The van der Waals surface area contributed by atoms with Gasteiger partial charge in [0.05, 0.1) is 13.2 Å². The van der Waals surface area contributed by atoms with Crippen molar-refractivity contribution in [1.82, 2.24) is 10.3 Å². The van der Waals surface area contributed by atoms with E-state index in [1.54, 1.807) is 26.2 Å². The minimum Gasteiger partial charge on any atom is -0.497 e. The average molecular weight is 305 g/mol. The van der Waals surface area contributed by atoms with Gasteiger partial charge in [0, 0.05) is 11.3 Å². The fraction of sp³-hybridized carbons (Fsp3) is 0.250. The number of pyridine rings is 1. The molecule has 21 heavy (non-hydrogen) atoms. The number of carbonyl (C=O) groups excluding carboxylic acids is 1. The molecule has 0 bridgehead atoms. The van der Waals surface area contributed by atoms with Crippen molar-refractivity contribution < 1.29 is 9.53 Å². The van der Waals surface area contributed by atoms with Crippen LogP contribution in [0.1, 0.15) is 34.6 Å². The van der Waals surface area contributed by atoms with Crippen LogP contribution >= 0.6 is 11.6 Å². The molecule has 0 saturated heterocycles. The Hall–Kier alpha value is -2.07. The van der Waals surface area contributed by atoms with Crippen LogP contribution in [-0.4, -0.2) is 18.0 Å². The number of hydrogen-bond acceptors (Lipinski definition) is 3. The van der Waals surface area contributed by atoms with Gasteiger partial charge >= 0.3 is 0 Å². The SMILES string of the molecule is COc1ccc(C(C)NC(=O)c2cc(C)nc(Cl)c2)cc1. The number of amides is 1. The Balaban J connectivity index is 2.10. The Morgan fingerprint density at radius 2 is 1.95 bits per heavy atom. The summed E-state index contributed by atoms with van der Waals surface area (Å²) in [4.78, 5) is 16.3. The summed E-state index contributed by atoms with van der Waals surface area (Å²) >= 11 is 5.88. The molecule has 0 radical (unpaired) electrons. The lowest BCUT2D eigenvalue weighted by Gasteiger charge is -2.15. The molecule has 1 aromatic heterocycles. The molecule has 5 heteroatoms. The predicted molar refractivity (Wildman–Crippen MR) is 82.9 cm³/mol. The summed E-state index contributed by atoms with van der Waals surface area (Å²) in [5, 5.41) is 3.26. The number of hydrogen-bond donors (Lipinski definition) is 1. The molecule has 1 amide bonds. The third-order valence-corrected chi connectivity index (χ3v) is 3.34. The topological polar surface area (TPSA) is 51.2 Å². The Labute approximate surface area is 129 Å². The number of halogens is 1. The zero-order valence-corrected chi connectivity index (χ0v) is 12.9. The maximum absolute atomic E-state index is 12.2. The minimum absolute atomic E-state index is 0.115. The van der Waals surface area contributed by atoms with Crippen molar-refractivity contribution in [2.75, 3.05) is 7.11 Å². The first-order chi connectivity index (χ1) is 9.99. The van der Waals surface area contributed by atoms with Gasteiger partial charge in [-0.2, -0.15) is 0 Å². The highest BCUT2D eigenvalue weighted by Crippen LogP contribution is 2.18. The highest BCUT2D eigenvalue weighted by molar-refractivity contribution is 6.29. The van der Waals surface area contributed by atoms with E-state index in [1.165, 1.54) is 0 Å². The van der Waals surface area contributed by atoms with E-state index in [1.807, 2.05) is 31.2 Å². The zero-order chi connectivity index (χ0) is 15.4. The number of benzene rings is 1. The van der Waals surface area contributed by atoms with E-state index in [0.717, 1.165) is 11.3 Å². The van der Waals surface area contributed by atoms with E-state index in [2.05, 4.69) is 10.3 Å². The summed E-state index contributed by atoms with van der Waals surface area (Å²) in [5.74, 6) is 0.611. The number of aromatic nitrogens is 1. The lowest BCUT2D eigenvalue weighted by atomic mass is 10.1. The van der Waals surface area contributed by atoms with Gasteiger partial charge in [-0.1, -0.05) is 23.7 Å². The van der Waals surface area contributed by atoms with Crippen molar-refractivity contribution in [2.24, 2.45) is 0 Å². The monoisotopic (exact) mass is 304 g/mol. The number of methoxy groups -OCH3 is 1. The maximum atomic E-state index is 12.2. The van der Waals surface area contributed by atoms with Crippen molar-refractivity contribution >= 4 is 17.5 Å². The van der Waals surface area contributed by atoms with E-state index in [4.69, 9.17) is 16.3 Å². The molecular weight excluding hydrogens is 288 g/mol. The van der Waals surface area contributed by atoms with Crippen LogP contribution in [0.2, 0.25) is 5.15 Å². The molecule has 2 aromatic rings. The molecule has 0 spiro atoms. The van der Waals surface area contributed by atoms with Crippen LogP contribution in [0.5, 0.6) is 5.75 Å². The number of nitrogens with zero attached hydrogens (tertiary/aromatic N) is 1. The first-order valence-corrected chi connectivity index (χ1v) is 6.96. The van der Waals surface area contributed by atoms with Crippen molar-refractivity contribution in [3.05, 3.63) is 58.4 Å². The highest BCUT2D eigenvalue weighted by atomic mass is 35.5. The van der Waals surface area contributed by atoms with Crippen LogP contribution in [0.3, 0.4) is 0 Å². The van der Waals surface area contributed by atoms with E-state index in [0.29, 0.717) is 16.4 Å². The molecule has 4 nitrogen and oxygen atoms in total. The quantitative estimate of drug-likeness (QED) is 0.879. The minimum atomic E-state index is -0.175. The number of carbonyl (C=O) groups is 1. The fourth-order valence-corrected chi connectivity index (χ4v) is 2.27. The number of ether oxygens (including phenoxy) is 1. The first kappa shape index (κ1) is 15.3. The lowest BCUT2D eigenvalue weighted by Crippen LogP contribution is -2.26. The molecular formula is C16H17ClN2O2. The fourth-order valence-electron chi connectivity index (χ4n) is 2.02. The number of nitrogens with one attached hydrogen (secondary N) is 1. The van der Waals surface area contributed by atoms with Gasteiger partial charge in [-0.25, -0.2) is 4.98 Å². The molecule has 1 unspecified atom stereocenters. The molecule has 1 aromatic carbocycles. The Morgan fingerprint density at radius 3 is 2.52 bits per heavy atom. The van der Waals surface area contributed by atoms with Crippen LogP contribution in [0, 0.1) is 6.92 Å². The van der Waals surface area contributed by atoms with Gasteiger partial charge in [0.25, 0.3) is 5.91 Å². The summed E-state index contributed by atoms with van der Waals surface area (Å²) in [6.45, 7) is 3.73. The Kier molecular flexibility index (Phi) is 4.81. The van der Waals surface area contributed by atoms with Crippen LogP contribution in [-0.2, 0) is 0 Å². The average Bonchev–Trinajstić information content (AvgIpc) is 2.46. The molecule has 2 rings (SSSR count). The van der Waals surface area contributed by atoms with Gasteiger partial charge in [-0.15, -0.1) is 0 Å². The van der Waals surface area contributed by atoms with Crippen LogP contribution in [0.4, 0.5) is 0 Å². The van der Waals surface area contributed by atoms with Crippen molar-refractivity contribution in [1.29, 1.82) is 0 Å². The summed E-state index contributed by atoms with van der Waals surface area (Å²) in [5.41, 5.74) is 2.22. The van der Waals surface area contributed by atoms with Crippen molar-refractivity contribution in [2.45, 2.75) is 19.9 Å². The molecule has 0 aliphatic rings. The third kappa shape index (κ3) is 3.95. The van der Waals surface area contributed by atoms with Gasteiger partial charge in [0.15, 0.2) is 0 Å². The second kappa shape index (κ2) is 6.59. The molecule has 0 aliphatic carbocycles. The van der Waals surface area contributed by atoms with Gasteiger partial charge < -0.3 is 10.1 Å². The molecule has 0 fully saturated rings. The van der Waals surface area contributed by atoms with E-state index < -0.39 is 0 Å². The second-order valence-corrected chi connectivity index (χ2v) is 5.18. The number of rotatable bonds is 4. The molecule has 1 N–H and O–H groups in total. The van der Waals surface area contributed by atoms with Gasteiger partial charge in [-0.05, 0) is 43.7 Å². The first-order valence-electron chi connectivity index (χ1n) is 6.58. The Bertz CT molecular complexity index is 621. The molecule has 1 heterocycles. The van der Waals surface area contributed by atoms with Crippen LogP contribution < -0.4 is 10.1 Å². The van der Waals surface area contributed by atoms with E-state index >= 15 is 0 Å². The summed E-state index contributed by atoms with van der Waals surface area (Å²) in [6, 6.07) is 10.7. The van der Waals surface area contributed by atoms with Crippen LogP contribution in [0.15, 0.2) is 36.4 Å². The molecule has 110 valence electrons. The summed E-state index contributed by atoms with van der Waals surface area (Å²) in [6.07, 6.45) is 0. The maximum Gasteiger partial charge on any atom is 0.251 e. The predicted octanol–water partition coefficient (Wildman–Crippen LogP) is 3.54. The van der Waals surface area contributed by atoms with Crippen molar-refractivity contribution in [3.8, 4) is 5.75 Å². The van der Waals surface area contributed by atoms with Crippen molar-refractivity contribution in [3.63, 3.8) is 0 Å². The third-order valence-electron chi connectivity index (χ3n) is 3.15.